The van der Waals surface area contributed by atoms with Crippen LogP contribution < -0.4 is 16.2 Å². The number of hydrogen-bond acceptors (Lipinski definition) is 3. The molecule has 1 aliphatic heterocycles. The summed E-state index contributed by atoms with van der Waals surface area (Å²) in [5.74, 6) is 0.673. The molecule has 0 aliphatic carbocycles. The zero-order valence-electron chi connectivity index (χ0n) is 14.0. The average molecular weight is 333 g/mol. The molecule has 1 aromatic heterocycles. The summed E-state index contributed by atoms with van der Waals surface area (Å²) in [6.45, 7) is 3.35. The van der Waals surface area contributed by atoms with Gasteiger partial charge in [-0.25, -0.2) is 0 Å². The van der Waals surface area contributed by atoms with E-state index in [0.29, 0.717) is 18.5 Å². The van der Waals surface area contributed by atoms with Gasteiger partial charge in [-0.15, -0.1) is 0 Å². The minimum absolute atomic E-state index is 0.00158. The molecule has 0 saturated carbocycles. The van der Waals surface area contributed by atoms with Gasteiger partial charge in [0.15, 0.2) is 0 Å². The van der Waals surface area contributed by atoms with Crippen LogP contribution in [0.3, 0.4) is 0 Å². The van der Waals surface area contributed by atoms with Crippen molar-refractivity contribution in [3.05, 3.63) is 70.0 Å². The van der Waals surface area contributed by atoms with Gasteiger partial charge in [0, 0.05) is 29.7 Å². The number of nitrogens with zero attached hydrogens (tertiary/aromatic N) is 1. The first-order valence-corrected chi connectivity index (χ1v) is 8.38. The minimum atomic E-state index is -0.0934. The van der Waals surface area contributed by atoms with Crippen molar-refractivity contribution in [3.63, 3.8) is 0 Å². The van der Waals surface area contributed by atoms with Crippen LogP contribution in [0, 0.1) is 6.92 Å². The van der Waals surface area contributed by atoms with Gasteiger partial charge in [0.1, 0.15) is 5.82 Å². The molecule has 2 aromatic carbocycles. The van der Waals surface area contributed by atoms with Crippen LogP contribution in [0.25, 0.3) is 10.8 Å². The van der Waals surface area contributed by atoms with E-state index in [1.165, 1.54) is 0 Å². The molecule has 0 unspecified atom stereocenters. The number of nitrogens with one attached hydrogen (secondary N) is 2. The summed E-state index contributed by atoms with van der Waals surface area (Å²) in [5.41, 5.74) is 2.79. The summed E-state index contributed by atoms with van der Waals surface area (Å²) in [7, 11) is 0. The maximum Gasteiger partial charge on any atom is 0.260 e. The van der Waals surface area contributed by atoms with Crippen LogP contribution in [0.5, 0.6) is 0 Å². The second kappa shape index (κ2) is 6.09. The number of carbonyl (C=O) groups excluding carboxylic acids is 1. The van der Waals surface area contributed by atoms with Crippen LogP contribution in [0.1, 0.15) is 11.1 Å². The highest BCUT2D eigenvalue weighted by Gasteiger charge is 2.21. The summed E-state index contributed by atoms with van der Waals surface area (Å²) in [4.78, 5) is 25.2. The standard InChI is InChI=1S/C20H19N3O2/c1-13-6-8-14(9-7-13)22-18(24)12-17-15-4-2-3-5-16(15)20(25)23-11-10-21-19(17)23/h2-9,21H,10-12H2,1H3,(H,22,24). The normalized spacial score (nSPS) is 12.7. The van der Waals surface area contributed by atoms with Crippen molar-refractivity contribution >= 4 is 28.2 Å². The maximum atomic E-state index is 12.6. The van der Waals surface area contributed by atoms with Gasteiger partial charge in [-0.2, -0.15) is 0 Å². The van der Waals surface area contributed by atoms with Crippen molar-refractivity contribution in [3.8, 4) is 0 Å². The van der Waals surface area contributed by atoms with Crippen LogP contribution in [-0.4, -0.2) is 17.0 Å². The summed E-state index contributed by atoms with van der Waals surface area (Å²) >= 11 is 0. The van der Waals surface area contributed by atoms with Crippen molar-refractivity contribution in [1.82, 2.24) is 4.57 Å². The highest BCUT2D eigenvalue weighted by atomic mass is 16.1. The second-order valence-corrected chi connectivity index (χ2v) is 6.35. The average Bonchev–Trinajstić information content (AvgIpc) is 3.11. The Hall–Kier alpha value is -3.08. The highest BCUT2D eigenvalue weighted by Crippen LogP contribution is 2.27. The molecule has 0 spiro atoms. The Kier molecular flexibility index (Phi) is 3.76. The van der Waals surface area contributed by atoms with Gasteiger partial charge in [-0.1, -0.05) is 35.9 Å². The third-order valence-electron chi connectivity index (χ3n) is 4.58. The quantitative estimate of drug-likeness (QED) is 0.775. The Morgan fingerprint density at radius 3 is 2.60 bits per heavy atom. The molecule has 0 bridgehead atoms. The Morgan fingerprint density at radius 1 is 1.12 bits per heavy atom. The smallest absolute Gasteiger partial charge is 0.260 e. The van der Waals surface area contributed by atoms with Crippen LogP contribution >= 0.6 is 0 Å². The zero-order valence-corrected chi connectivity index (χ0v) is 14.0. The van der Waals surface area contributed by atoms with E-state index in [1.807, 2.05) is 55.5 Å². The summed E-state index contributed by atoms with van der Waals surface area (Å²) < 4.78 is 1.73. The topological polar surface area (TPSA) is 63.1 Å². The SMILES string of the molecule is Cc1ccc(NC(=O)Cc2c3n(c(=O)c4ccccc24)CCN3)cc1. The largest absolute Gasteiger partial charge is 0.369 e. The van der Waals surface area contributed by atoms with E-state index in [1.54, 1.807) is 4.57 Å². The van der Waals surface area contributed by atoms with Gasteiger partial charge in [0.05, 0.1) is 6.42 Å². The molecular formula is C20H19N3O2. The van der Waals surface area contributed by atoms with Gasteiger partial charge >= 0.3 is 0 Å². The second-order valence-electron chi connectivity index (χ2n) is 6.35. The third-order valence-corrected chi connectivity index (χ3v) is 4.58. The minimum Gasteiger partial charge on any atom is -0.369 e. The number of fused-ring (bicyclic) bond motifs is 2. The molecule has 1 aliphatic rings. The van der Waals surface area contributed by atoms with Gasteiger partial charge in [-0.3, -0.25) is 14.2 Å². The molecule has 2 N–H and O–H groups in total. The number of pyridine rings is 1. The molecule has 1 amide bonds. The summed E-state index contributed by atoms with van der Waals surface area (Å²) in [5, 5.41) is 7.70. The number of benzene rings is 2. The van der Waals surface area contributed by atoms with Crippen LogP contribution in [-0.2, 0) is 17.8 Å². The third kappa shape index (κ3) is 2.78. The number of aromatic nitrogens is 1. The van der Waals surface area contributed by atoms with Crippen LogP contribution in [0.2, 0.25) is 0 Å². The first-order valence-electron chi connectivity index (χ1n) is 8.38. The fourth-order valence-electron chi connectivity index (χ4n) is 3.35. The monoisotopic (exact) mass is 333 g/mol. The lowest BCUT2D eigenvalue weighted by molar-refractivity contribution is -0.115. The zero-order chi connectivity index (χ0) is 17.4. The molecule has 0 atom stereocenters. The molecule has 5 heteroatoms. The predicted octanol–water partition coefficient (Wildman–Crippen LogP) is 2.92. The molecule has 0 radical (unpaired) electrons. The van der Waals surface area contributed by atoms with E-state index in [4.69, 9.17) is 0 Å². The van der Waals surface area contributed by atoms with E-state index >= 15 is 0 Å². The van der Waals surface area contributed by atoms with E-state index < -0.39 is 0 Å². The first kappa shape index (κ1) is 15.4. The van der Waals surface area contributed by atoms with Gasteiger partial charge < -0.3 is 10.6 Å². The van der Waals surface area contributed by atoms with Crippen molar-refractivity contribution < 1.29 is 4.79 Å². The van der Waals surface area contributed by atoms with Gasteiger partial charge in [0.2, 0.25) is 5.91 Å². The number of anilines is 2. The Labute approximate surface area is 145 Å². The van der Waals surface area contributed by atoms with E-state index in [-0.39, 0.29) is 17.9 Å². The van der Waals surface area contributed by atoms with E-state index in [0.717, 1.165) is 28.0 Å². The first-order chi connectivity index (χ1) is 12.1. The van der Waals surface area contributed by atoms with Crippen molar-refractivity contribution in [1.29, 1.82) is 0 Å². The molecule has 25 heavy (non-hydrogen) atoms. The van der Waals surface area contributed by atoms with Crippen molar-refractivity contribution in [2.45, 2.75) is 19.9 Å². The van der Waals surface area contributed by atoms with Gasteiger partial charge in [0.25, 0.3) is 5.56 Å². The Bertz CT molecular complexity index is 1020. The summed E-state index contributed by atoms with van der Waals surface area (Å²) in [6, 6.07) is 15.2. The number of aryl methyl sites for hydroxylation is 1. The molecule has 5 nitrogen and oxygen atoms in total. The molecular weight excluding hydrogens is 314 g/mol. The van der Waals surface area contributed by atoms with E-state index in [2.05, 4.69) is 10.6 Å². The number of rotatable bonds is 3. The van der Waals surface area contributed by atoms with Crippen molar-refractivity contribution in [2.24, 2.45) is 0 Å². The lowest BCUT2D eigenvalue weighted by Crippen LogP contribution is -2.22. The molecule has 126 valence electrons. The molecule has 3 aromatic rings. The Balaban J connectivity index is 1.72. The molecule has 0 fully saturated rings. The summed E-state index contributed by atoms with van der Waals surface area (Å²) in [6.07, 6.45) is 0.219. The number of carbonyl (C=O) groups is 1. The molecule has 0 saturated heterocycles. The lowest BCUT2D eigenvalue weighted by Gasteiger charge is -2.14. The number of hydrogen-bond donors (Lipinski definition) is 2. The fourth-order valence-corrected chi connectivity index (χ4v) is 3.35. The molecule has 2 heterocycles. The Morgan fingerprint density at radius 2 is 1.84 bits per heavy atom. The van der Waals surface area contributed by atoms with Gasteiger partial charge in [-0.05, 0) is 30.5 Å². The van der Waals surface area contributed by atoms with E-state index in [9.17, 15) is 9.59 Å². The lowest BCUT2D eigenvalue weighted by atomic mass is 10.0. The number of amides is 1. The molecule has 4 rings (SSSR count). The highest BCUT2D eigenvalue weighted by molar-refractivity contribution is 5.98. The predicted molar refractivity (Wildman–Crippen MR) is 100 cm³/mol. The fraction of sp³-hybridized carbons (Fsp3) is 0.200. The van der Waals surface area contributed by atoms with Crippen LogP contribution in [0.4, 0.5) is 11.5 Å². The maximum absolute atomic E-state index is 12.6. The van der Waals surface area contributed by atoms with Crippen LogP contribution in [0.15, 0.2) is 53.3 Å². The van der Waals surface area contributed by atoms with Crippen molar-refractivity contribution in [2.75, 3.05) is 17.2 Å².